The highest BCUT2D eigenvalue weighted by molar-refractivity contribution is 4.97. The molecule has 0 radical (unpaired) electrons. The maximum Gasteiger partial charge on any atom is 0.0698 e. The molecule has 3 aliphatic rings. The molecule has 1 aromatic heterocycles. The highest BCUT2D eigenvalue weighted by Crippen LogP contribution is 2.39. The van der Waals surface area contributed by atoms with E-state index >= 15 is 0 Å². The van der Waals surface area contributed by atoms with Crippen LogP contribution in [0.4, 0.5) is 0 Å². The zero-order valence-corrected chi connectivity index (χ0v) is 14.1. The Balaban J connectivity index is 1.27. The first-order valence-corrected chi connectivity index (χ1v) is 9.41. The van der Waals surface area contributed by atoms with Crippen molar-refractivity contribution in [3.05, 3.63) is 18.5 Å². The molecule has 5 nitrogen and oxygen atoms in total. The van der Waals surface area contributed by atoms with Gasteiger partial charge in [-0.05, 0) is 69.6 Å². The fourth-order valence-electron chi connectivity index (χ4n) is 5.04. The largest absolute Gasteiger partial charge is 0.391 e. The first kappa shape index (κ1) is 15.6. The van der Waals surface area contributed by atoms with E-state index in [0.29, 0.717) is 12.0 Å². The van der Waals surface area contributed by atoms with Crippen LogP contribution in [0.25, 0.3) is 0 Å². The lowest BCUT2D eigenvalue weighted by molar-refractivity contribution is -0.000861. The van der Waals surface area contributed by atoms with Crippen LogP contribution in [-0.4, -0.2) is 69.6 Å². The third kappa shape index (κ3) is 3.47. The van der Waals surface area contributed by atoms with Crippen molar-refractivity contribution in [2.75, 3.05) is 32.7 Å². The van der Waals surface area contributed by atoms with Crippen LogP contribution in [0.2, 0.25) is 0 Å². The van der Waals surface area contributed by atoms with E-state index in [1.807, 2.05) is 23.1 Å². The van der Waals surface area contributed by atoms with E-state index in [-0.39, 0.29) is 6.10 Å². The van der Waals surface area contributed by atoms with Crippen LogP contribution in [0, 0.1) is 11.8 Å². The molecule has 1 aromatic rings. The number of likely N-dealkylation sites (tertiary alicyclic amines) is 2. The molecule has 0 aromatic carbocycles. The Kier molecular flexibility index (Phi) is 4.69. The molecule has 0 bridgehead atoms. The minimum absolute atomic E-state index is 0.0987. The number of nitrogens with zero attached hydrogens (tertiary/aromatic N) is 4. The number of hydrogen-bond donors (Lipinski definition) is 1. The molecular weight excluding hydrogens is 288 g/mol. The molecule has 3 fully saturated rings. The van der Waals surface area contributed by atoms with Gasteiger partial charge in [0.1, 0.15) is 0 Å². The van der Waals surface area contributed by atoms with Crippen LogP contribution < -0.4 is 0 Å². The van der Waals surface area contributed by atoms with Crippen LogP contribution in [0.3, 0.4) is 0 Å². The molecule has 4 atom stereocenters. The molecule has 0 amide bonds. The molecule has 2 saturated heterocycles. The van der Waals surface area contributed by atoms with Crippen LogP contribution in [0.15, 0.2) is 18.5 Å². The molecular formula is C18H30N4O. The third-order valence-corrected chi connectivity index (χ3v) is 6.22. The maximum atomic E-state index is 10.6. The molecule has 5 heteroatoms. The summed E-state index contributed by atoms with van der Waals surface area (Å²) in [5, 5.41) is 14.9. The molecule has 128 valence electrons. The van der Waals surface area contributed by atoms with Crippen LogP contribution in [0.5, 0.6) is 0 Å². The predicted octanol–water partition coefficient (Wildman–Crippen LogP) is 1.44. The zero-order chi connectivity index (χ0) is 15.6. The molecule has 23 heavy (non-hydrogen) atoms. The van der Waals surface area contributed by atoms with Crippen molar-refractivity contribution < 1.29 is 5.11 Å². The van der Waals surface area contributed by atoms with Crippen LogP contribution in [-0.2, 0) is 6.54 Å². The molecule has 1 N–H and O–H groups in total. The van der Waals surface area contributed by atoms with Crippen molar-refractivity contribution >= 4 is 0 Å². The van der Waals surface area contributed by atoms with Gasteiger partial charge in [-0.1, -0.05) is 0 Å². The van der Waals surface area contributed by atoms with Gasteiger partial charge >= 0.3 is 0 Å². The van der Waals surface area contributed by atoms with E-state index in [2.05, 4.69) is 14.9 Å². The SMILES string of the molecule is O[C@@H]1C[C@H]2CN(CCCn3cccn3)C[C@H]2C[C@H]1N1CCCC1. The van der Waals surface area contributed by atoms with Crippen LogP contribution >= 0.6 is 0 Å². The van der Waals surface area contributed by atoms with Gasteiger partial charge in [0.15, 0.2) is 0 Å². The second-order valence-corrected chi connectivity index (χ2v) is 7.75. The zero-order valence-electron chi connectivity index (χ0n) is 14.1. The summed E-state index contributed by atoms with van der Waals surface area (Å²) in [6.07, 6.45) is 9.82. The van der Waals surface area contributed by atoms with Crippen molar-refractivity contribution in [1.29, 1.82) is 0 Å². The molecule has 0 unspecified atom stereocenters. The lowest BCUT2D eigenvalue weighted by Crippen LogP contribution is -2.48. The topological polar surface area (TPSA) is 44.5 Å². The minimum Gasteiger partial charge on any atom is -0.391 e. The Morgan fingerprint density at radius 2 is 1.83 bits per heavy atom. The summed E-state index contributed by atoms with van der Waals surface area (Å²) in [4.78, 5) is 5.18. The van der Waals surface area contributed by atoms with Gasteiger partial charge in [-0.2, -0.15) is 5.10 Å². The predicted molar refractivity (Wildman–Crippen MR) is 90.1 cm³/mol. The maximum absolute atomic E-state index is 10.6. The number of rotatable bonds is 5. The van der Waals surface area contributed by atoms with Gasteiger partial charge in [-0.3, -0.25) is 9.58 Å². The molecule has 4 rings (SSSR count). The van der Waals surface area contributed by atoms with Gasteiger partial charge in [-0.25, -0.2) is 0 Å². The van der Waals surface area contributed by atoms with Gasteiger partial charge in [-0.15, -0.1) is 0 Å². The fourth-order valence-corrected chi connectivity index (χ4v) is 5.04. The van der Waals surface area contributed by atoms with Crippen molar-refractivity contribution in [2.45, 2.75) is 50.8 Å². The van der Waals surface area contributed by atoms with Crippen molar-refractivity contribution in [2.24, 2.45) is 11.8 Å². The number of aliphatic hydroxyl groups is 1. The Morgan fingerprint density at radius 1 is 1.04 bits per heavy atom. The monoisotopic (exact) mass is 318 g/mol. The summed E-state index contributed by atoms with van der Waals surface area (Å²) in [5.74, 6) is 1.52. The standard InChI is InChI=1S/C18H30N4O/c23-18-12-16-14-20(6-4-10-22-9-3-5-19-22)13-15(16)11-17(18)21-7-1-2-8-21/h3,5,9,15-18,23H,1-2,4,6-8,10-14H2/t15-,16+,17-,18-/m1/s1. The van der Waals surface area contributed by atoms with Gasteiger partial charge in [0, 0.05) is 38.1 Å². The second-order valence-electron chi connectivity index (χ2n) is 7.75. The average molecular weight is 318 g/mol. The van der Waals surface area contributed by atoms with Gasteiger partial charge in [0.25, 0.3) is 0 Å². The Morgan fingerprint density at radius 3 is 2.57 bits per heavy atom. The summed E-state index contributed by atoms with van der Waals surface area (Å²) < 4.78 is 2.02. The van der Waals surface area contributed by atoms with Gasteiger partial charge in [0.2, 0.25) is 0 Å². The normalized spacial score (nSPS) is 35.7. The Labute approximate surface area is 139 Å². The van der Waals surface area contributed by atoms with E-state index < -0.39 is 0 Å². The molecule has 3 heterocycles. The average Bonchev–Trinajstić information content (AvgIpc) is 3.27. The fraction of sp³-hybridized carbons (Fsp3) is 0.833. The Hall–Kier alpha value is -0.910. The summed E-state index contributed by atoms with van der Waals surface area (Å²) >= 11 is 0. The minimum atomic E-state index is -0.0987. The summed E-state index contributed by atoms with van der Waals surface area (Å²) in [6, 6.07) is 2.42. The molecule has 1 saturated carbocycles. The smallest absolute Gasteiger partial charge is 0.0698 e. The highest BCUT2D eigenvalue weighted by atomic mass is 16.3. The van der Waals surface area contributed by atoms with E-state index in [0.717, 1.165) is 25.4 Å². The quantitative estimate of drug-likeness (QED) is 0.892. The molecule has 2 aliphatic heterocycles. The first-order chi connectivity index (χ1) is 11.3. The number of aryl methyl sites for hydroxylation is 1. The summed E-state index contributed by atoms with van der Waals surface area (Å²) in [5.41, 5.74) is 0. The van der Waals surface area contributed by atoms with Crippen molar-refractivity contribution in [1.82, 2.24) is 19.6 Å². The highest BCUT2D eigenvalue weighted by Gasteiger charge is 2.43. The number of aromatic nitrogens is 2. The summed E-state index contributed by atoms with van der Waals surface area (Å²) in [6.45, 7) is 7.00. The molecule has 1 aliphatic carbocycles. The van der Waals surface area contributed by atoms with Crippen LogP contribution in [0.1, 0.15) is 32.1 Å². The number of aliphatic hydroxyl groups excluding tert-OH is 1. The lowest BCUT2D eigenvalue weighted by Gasteiger charge is -2.40. The van der Waals surface area contributed by atoms with Gasteiger partial charge < -0.3 is 10.0 Å². The molecule has 0 spiro atoms. The van der Waals surface area contributed by atoms with E-state index in [1.54, 1.807) is 0 Å². The second kappa shape index (κ2) is 6.91. The van der Waals surface area contributed by atoms with Crippen molar-refractivity contribution in [3.8, 4) is 0 Å². The summed E-state index contributed by atoms with van der Waals surface area (Å²) in [7, 11) is 0. The lowest BCUT2D eigenvalue weighted by atomic mass is 9.77. The number of hydrogen-bond acceptors (Lipinski definition) is 4. The van der Waals surface area contributed by atoms with E-state index in [4.69, 9.17) is 0 Å². The number of fused-ring (bicyclic) bond motifs is 1. The Bertz CT molecular complexity index is 485. The van der Waals surface area contributed by atoms with E-state index in [1.165, 1.54) is 51.9 Å². The first-order valence-electron chi connectivity index (χ1n) is 9.41. The third-order valence-electron chi connectivity index (χ3n) is 6.22. The van der Waals surface area contributed by atoms with Gasteiger partial charge in [0.05, 0.1) is 6.10 Å². The van der Waals surface area contributed by atoms with Crippen molar-refractivity contribution in [3.63, 3.8) is 0 Å². The van der Waals surface area contributed by atoms with E-state index in [9.17, 15) is 5.11 Å².